The summed E-state index contributed by atoms with van der Waals surface area (Å²) < 4.78 is 0. The Hall–Kier alpha value is -2.14. The van der Waals surface area contributed by atoms with E-state index in [2.05, 4.69) is 53.0 Å². The minimum atomic E-state index is 0.276. The highest BCUT2D eigenvalue weighted by Crippen LogP contribution is 2.42. The average molecular weight is 428 g/mol. The summed E-state index contributed by atoms with van der Waals surface area (Å²) in [7, 11) is 0. The average Bonchev–Trinajstić information content (AvgIpc) is 3.02. The molecule has 28 heavy (non-hydrogen) atoms. The molecular formula is C22H19Cl2N3S. The van der Waals surface area contributed by atoms with E-state index in [0.29, 0.717) is 0 Å². The third-order valence-electron chi connectivity index (χ3n) is 4.71. The minimum absolute atomic E-state index is 0.276. The van der Waals surface area contributed by atoms with Gasteiger partial charge in [-0.3, -0.25) is 0 Å². The number of thiophene rings is 1. The summed E-state index contributed by atoms with van der Waals surface area (Å²) in [5.41, 5.74) is 3.48. The van der Waals surface area contributed by atoms with E-state index in [0.717, 1.165) is 45.3 Å². The topological polar surface area (TPSA) is 29.0 Å². The smallest absolute Gasteiger partial charge is 0.225 e. The number of hydrogen-bond donors (Lipinski definition) is 0. The van der Waals surface area contributed by atoms with Crippen LogP contribution >= 0.6 is 34.5 Å². The molecule has 2 aromatic carbocycles. The predicted octanol–water partition coefficient (Wildman–Crippen LogP) is 7.00. The maximum absolute atomic E-state index is 6.30. The molecule has 0 fully saturated rings. The van der Waals surface area contributed by atoms with Crippen LogP contribution in [0.3, 0.4) is 0 Å². The first kappa shape index (κ1) is 19.2. The molecule has 0 amide bonds. The number of aromatic nitrogens is 2. The van der Waals surface area contributed by atoms with Crippen LogP contribution in [0, 0.1) is 6.92 Å². The van der Waals surface area contributed by atoms with Gasteiger partial charge in [0.05, 0.1) is 5.39 Å². The molecule has 0 saturated carbocycles. The van der Waals surface area contributed by atoms with E-state index in [-0.39, 0.29) is 5.28 Å². The first-order valence-corrected chi connectivity index (χ1v) is 10.7. The molecule has 0 atom stereocenters. The van der Waals surface area contributed by atoms with Gasteiger partial charge in [-0.1, -0.05) is 54.1 Å². The maximum Gasteiger partial charge on any atom is 0.225 e. The molecule has 3 nitrogen and oxygen atoms in total. The van der Waals surface area contributed by atoms with Crippen LogP contribution in [0.1, 0.15) is 17.4 Å². The molecule has 4 rings (SSSR count). The Morgan fingerprint density at radius 1 is 0.964 bits per heavy atom. The van der Waals surface area contributed by atoms with Gasteiger partial charge < -0.3 is 4.90 Å². The lowest BCUT2D eigenvalue weighted by atomic mass is 10.0. The quantitative estimate of drug-likeness (QED) is 0.321. The van der Waals surface area contributed by atoms with Gasteiger partial charge in [0.2, 0.25) is 5.28 Å². The fourth-order valence-corrected chi connectivity index (χ4v) is 4.78. The van der Waals surface area contributed by atoms with E-state index in [1.807, 2.05) is 30.3 Å². The Kier molecular flexibility index (Phi) is 5.54. The van der Waals surface area contributed by atoms with Gasteiger partial charge in [0.15, 0.2) is 0 Å². The number of rotatable bonds is 5. The zero-order chi connectivity index (χ0) is 19.7. The summed E-state index contributed by atoms with van der Waals surface area (Å²) in [5.74, 6) is 0.871. The third-order valence-corrected chi connectivity index (χ3v) is 6.13. The van der Waals surface area contributed by atoms with E-state index in [4.69, 9.17) is 23.2 Å². The van der Waals surface area contributed by atoms with Crippen molar-refractivity contribution in [2.75, 3.05) is 11.4 Å². The highest BCUT2D eigenvalue weighted by atomic mass is 35.5. The standard InChI is InChI=1S/C22H19Cl2N3S/c1-3-27(13-15-7-5-4-6-8-15)20-19-18(16-9-11-17(23)12-10-16)14(2)28-21(19)26-22(24)25-20/h4-12H,3,13H2,1-2H3. The molecule has 0 unspecified atom stereocenters. The summed E-state index contributed by atoms with van der Waals surface area (Å²) in [6.45, 7) is 5.81. The van der Waals surface area contributed by atoms with Gasteiger partial charge in [0.25, 0.3) is 0 Å². The van der Waals surface area contributed by atoms with E-state index in [1.54, 1.807) is 11.3 Å². The van der Waals surface area contributed by atoms with Crippen molar-refractivity contribution in [2.24, 2.45) is 0 Å². The Balaban J connectivity index is 1.90. The molecular weight excluding hydrogens is 409 g/mol. The van der Waals surface area contributed by atoms with Crippen LogP contribution in [0.4, 0.5) is 5.82 Å². The van der Waals surface area contributed by atoms with E-state index >= 15 is 0 Å². The van der Waals surface area contributed by atoms with Crippen molar-refractivity contribution in [3.8, 4) is 11.1 Å². The second-order valence-electron chi connectivity index (χ2n) is 6.54. The van der Waals surface area contributed by atoms with Gasteiger partial charge in [-0.25, -0.2) is 4.98 Å². The van der Waals surface area contributed by atoms with Crippen molar-refractivity contribution in [1.82, 2.24) is 9.97 Å². The van der Waals surface area contributed by atoms with E-state index < -0.39 is 0 Å². The van der Waals surface area contributed by atoms with E-state index in [9.17, 15) is 0 Å². The normalized spacial score (nSPS) is 11.1. The van der Waals surface area contributed by atoms with Crippen molar-refractivity contribution in [2.45, 2.75) is 20.4 Å². The summed E-state index contributed by atoms with van der Waals surface area (Å²) in [6.07, 6.45) is 0. The van der Waals surface area contributed by atoms with Crippen LogP contribution in [0.15, 0.2) is 54.6 Å². The fourth-order valence-electron chi connectivity index (χ4n) is 3.40. The number of halogens is 2. The minimum Gasteiger partial charge on any atom is -0.352 e. The molecule has 2 aromatic heterocycles. The Morgan fingerprint density at radius 2 is 1.68 bits per heavy atom. The first-order valence-electron chi connectivity index (χ1n) is 9.08. The molecule has 2 heterocycles. The Labute approximate surface area is 178 Å². The van der Waals surface area contributed by atoms with Gasteiger partial charge in [0, 0.05) is 28.6 Å². The molecule has 0 aliphatic rings. The largest absolute Gasteiger partial charge is 0.352 e. The van der Waals surface area contributed by atoms with Crippen molar-refractivity contribution < 1.29 is 0 Å². The van der Waals surface area contributed by atoms with Crippen molar-refractivity contribution >= 4 is 50.6 Å². The third kappa shape index (κ3) is 3.72. The van der Waals surface area contributed by atoms with Crippen LogP contribution < -0.4 is 4.90 Å². The Bertz CT molecular complexity index is 1110. The number of benzene rings is 2. The molecule has 0 radical (unpaired) electrons. The van der Waals surface area contributed by atoms with Crippen LogP contribution in [-0.4, -0.2) is 16.5 Å². The molecule has 0 spiro atoms. The monoisotopic (exact) mass is 427 g/mol. The predicted molar refractivity (Wildman–Crippen MR) is 121 cm³/mol. The summed E-state index contributed by atoms with van der Waals surface area (Å²) >= 11 is 14.0. The molecule has 0 bridgehead atoms. The van der Waals surface area contributed by atoms with Crippen LogP contribution in [0.5, 0.6) is 0 Å². The highest BCUT2D eigenvalue weighted by Gasteiger charge is 2.21. The van der Waals surface area contributed by atoms with E-state index in [1.165, 1.54) is 10.4 Å². The van der Waals surface area contributed by atoms with Crippen LogP contribution in [0.2, 0.25) is 10.3 Å². The van der Waals surface area contributed by atoms with Gasteiger partial charge in [0.1, 0.15) is 10.6 Å². The second kappa shape index (κ2) is 8.08. The number of anilines is 1. The van der Waals surface area contributed by atoms with Crippen LogP contribution in [-0.2, 0) is 6.54 Å². The lowest BCUT2D eigenvalue weighted by Gasteiger charge is -2.23. The molecule has 0 aliphatic carbocycles. The van der Waals surface area contributed by atoms with Gasteiger partial charge in [-0.05, 0) is 48.7 Å². The SMILES string of the molecule is CCN(Cc1ccccc1)c1nc(Cl)nc2sc(C)c(-c3ccc(Cl)cc3)c12. The number of aryl methyl sites for hydroxylation is 1. The molecule has 4 aromatic rings. The fraction of sp³-hybridized carbons (Fsp3) is 0.182. The number of hydrogen-bond acceptors (Lipinski definition) is 4. The second-order valence-corrected chi connectivity index (χ2v) is 8.51. The molecule has 0 saturated heterocycles. The van der Waals surface area contributed by atoms with Crippen LogP contribution in [0.25, 0.3) is 21.3 Å². The summed E-state index contributed by atoms with van der Waals surface area (Å²) in [4.78, 5) is 13.5. The number of nitrogens with zero attached hydrogens (tertiary/aromatic N) is 3. The van der Waals surface area contributed by atoms with Gasteiger partial charge >= 0.3 is 0 Å². The lowest BCUT2D eigenvalue weighted by molar-refractivity contribution is 0.817. The van der Waals surface area contributed by atoms with Crippen molar-refractivity contribution in [1.29, 1.82) is 0 Å². The number of fused-ring (bicyclic) bond motifs is 1. The zero-order valence-corrected chi connectivity index (χ0v) is 17.9. The summed E-state index contributed by atoms with van der Waals surface area (Å²) in [6, 6.07) is 18.3. The maximum atomic E-state index is 6.30. The molecule has 142 valence electrons. The zero-order valence-electron chi connectivity index (χ0n) is 15.6. The van der Waals surface area contributed by atoms with Crippen molar-refractivity contribution in [3.63, 3.8) is 0 Å². The lowest BCUT2D eigenvalue weighted by Crippen LogP contribution is -2.23. The van der Waals surface area contributed by atoms with Gasteiger partial charge in [-0.2, -0.15) is 4.98 Å². The Morgan fingerprint density at radius 3 is 2.36 bits per heavy atom. The highest BCUT2D eigenvalue weighted by molar-refractivity contribution is 7.19. The van der Waals surface area contributed by atoms with Crippen molar-refractivity contribution in [3.05, 3.63) is 75.3 Å². The molecule has 0 N–H and O–H groups in total. The van der Waals surface area contributed by atoms with Gasteiger partial charge in [-0.15, -0.1) is 11.3 Å². The summed E-state index contributed by atoms with van der Waals surface area (Å²) in [5, 5.41) is 2.05. The molecule has 0 aliphatic heterocycles. The first-order chi connectivity index (χ1) is 13.6. The molecule has 6 heteroatoms.